The largest absolute Gasteiger partial charge is 0.353 e. The van der Waals surface area contributed by atoms with Crippen molar-refractivity contribution in [3.63, 3.8) is 0 Å². The lowest BCUT2D eigenvalue weighted by atomic mass is 9.89. The van der Waals surface area contributed by atoms with Gasteiger partial charge in [-0.15, -0.1) is 0 Å². The molecule has 34 heavy (non-hydrogen) atoms. The maximum atomic E-state index is 12.5. The molecule has 0 atom stereocenters. The zero-order chi connectivity index (χ0) is 23.8. The number of hydrogen-bond donors (Lipinski definition) is 2. The van der Waals surface area contributed by atoms with E-state index in [1.165, 1.54) is 12.5 Å². The van der Waals surface area contributed by atoms with Crippen LogP contribution in [0.15, 0.2) is 34.9 Å². The highest BCUT2D eigenvalue weighted by Crippen LogP contribution is 2.34. The molecule has 0 radical (unpaired) electrons. The number of nitrogens with zero attached hydrogens (tertiary/aromatic N) is 3. The highest BCUT2D eigenvalue weighted by Gasteiger charge is 2.38. The molecule has 8 nitrogen and oxygen atoms in total. The number of likely N-dealkylation sites (tertiary alicyclic amines) is 1. The number of benzene rings is 1. The fourth-order valence-corrected chi connectivity index (χ4v) is 5.22. The van der Waals surface area contributed by atoms with E-state index >= 15 is 0 Å². The van der Waals surface area contributed by atoms with Crippen molar-refractivity contribution in [2.75, 3.05) is 13.1 Å². The van der Waals surface area contributed by atoms with Crippen LogP contribution in [0.5, 0.6) is 0 Å². The lowest BCUT2D eigenvalue weighted by Crippen LogP contribution is -2.45. The minimum Gasteiger partial charge on any atom is -0.353 e. The Labute approximate surface area is 201 Å². The first-order valence-electron chi connectivity index (χ1n) is 12.7. The lowest BCUT2D eigenvalue weighted by Gasteiger charge is -2.32. The Balaban J connectivity index is 1.23. The van der Waals surface area contributed by atoms with Crippen molar-refractivity contribution >= 4 is 11.8 Å². The van der Waals surface area contributed by atoms with Crippen molar-refractivity contribution in [1.29, 1.82) is 0 Å². The molecule has 0 bridgehead atoms. The first-order valence-corrected chi connectivity index (χ1v) is 12.7. The van der Waals surface area contributed by atoms with Crippen LogP contribution in [-0.4, -0.2) is 46.0 Å². The van der Waals surface area contributed by atoms with Gasteiger partial charge in [0.05, 0.1) is 0 Å². The standard InChI is InChI=1S/C26H37N5O3/c1-20(32)29-26(15-7-2-3-8-16-26)25-28-24(34-30-25)12-11-23(33)27-22-13-17-31(18-14-22)19-21-9-5-4-6-10-21/h4-6,9-10,22H,2-3,7-8,11-19H2,1H3,(H,27,33)(H,29,32). The Morgan fingerprint density at radius 3 is 2.47 bits per heavy atom. The van der Waals surface area contributed by atoms with Crippen LogP contribution in [0.25, 0.3) is 0 Å². The second kappa shape index (κ2) is 11.6. The third-order valence-electron chi connectivity index (χ3n) is 7.04. The first-order chi connectivity index (χ1) is 16.5. The van der Waals surface area contributed by atoms with Crippen LogP contribution in [0, 0.1) is 0 Å². The number of carbonyl (C=O) groups is 2. The van der Waals surface area contributed by atoms with E-state index in [1.807, 2.05) is 6.07 Å². The maximum absolute atomic E-state index is 12.5. The summed E-state index contributed by atoms with van der Waals surface area (Å²) >= 11 is 0. The summed E-state index contributed by atoms with van der Waals surface area (Å²) in [5.41, 5.74) is 0.771. The molecule has 0 unspecified atom stereocenters. The zero-order valence-electron chi connectivity index (χ0n) is 20.2. The number of hydrogen-bond acceptors (Lipinski definition) is 6. The third-order valence-corrected chi connectivity index (χ3v) is 7.04. The monoisotopic (exact) mass is 467 g/mol. The molecular weight excluding hydrogens is 430 g/mol. The van der Waals surface area contributed by atoms with E-state index in [9.17, 15) is 9.59 Å². The van der Waals surface area contributed by atoms with Crippen molar-refractivity contribution in [2.24, 2.45) is 0 Å². The predicted octanol–water partition coefficient (Wildman–Crippen LogP) is 3.47. The molecule has 2 fully saturated rings. The summed E-state index contributed by atoms with van der Waals surface area (Å²) in [5, 5.41) is 10.5. The number of aryl methyl sites for hydroxylation is 1. The highest BCUT2D eigenvalue weighted by molar-refractivity contribution is 5.76. The van der Waals surface area contributed by atoms with Crippen molar-refractivity contribution in [1.82, 2.24) is 25.7 Å². The molecule has 1 aliphatic carbocycles. The van der Waals surface area contributed by atoms with Gasteiger partial charge in [0.2, 0.25) is 17.7 Å². The van der Waals surface area contributed by atoms with Crippen LogP contribution < -0.4 is 10.6 Å². The van der Waals surface area contributed by atoms with Crippen LogP contribution in [0.1, 0.15) is 82.0 Å². The Morgan fingerprint density at radius 1 is 1.09 bits per heavy atom. The summed E-state index contributed by atoms with van der Waals surface area (Å²) in [6.07, 6.45) is 8.62. The van der Waals surface area contributed by atoms with Gasteiger partial charge in [-0.1, -0.05) is 61.2 Å². The molecule has 4 rings (SSSR count). The van der Waals surface area contributed by atoms with Crippen LogP contribution >= 0.6 is 0 Å². The molecule has 1 saturated carbocycles. The smallest absolute Gasteiger partial charge is 0.227 e. The molecule has 1 aromatic carbocycles. The third kappa shape index (κ3) is 6.65. The summed E-state index contributed by atoms with van der Waals surface area (Å²) in [6, 6.07) is 10.7. The number of amides is 2. The molecule has 2 aliphatic rings. The molecule has 2 N–H and O–H groups in total. The van der Waals surface area contributed by atoms with E-state index in [-0.39, 0.29) is 17.9 Å². The summed E-state index contributed by atoms with van der Waals surface area (Å²) in [5.74, 6) is 0.942. The zero-order valence-corrected chi connectivity index (χ0v) is 20.2. The second-order valence-electron chi connectivity index (χ2n) is 9.79. The average Bonchev–Trinajstić information content (AvgIpc) is 3.19. The van der Waals surface area contributed by atoms with Crippen LogP contribution in [0.3, 0.4) is 0 Å². The molecule has 8 heteroatoms. The molecule has 1 aromatic heterocycles. The first kappa shape index (κ1) is 24.4. The normalized spacial score (nSPS) is 19.3. The van der Waals surface area contributed by atoms with Gasteiger partial charge in [-0.25, -0.2) is 0 Å². The number of carbonyl (C=O) groups excluding carboxylic acids is 2. The van der Waals surface area contributed by atoms with E-state index in [0.29, 0.717) is 24.6 Å². The summed E-state index contributed by atoms with van der Waals surface area (Å²) in [4.78, 5) is 31.5. The molecule has 2 heterocycles. The quantitative estimate of drug-likeness (QED) is 0.577. The molecular formula is C26H37N5O3. The highest BCUT2D eigenvalue weighted by atomic mass is 16.5. The van der Waals surface area contributed by atoms with Gasteiger partial charge in [0.25, 0.3) is 0 Å². The molecule has 1 saturated heterocycles. The second-order valence-corrected chi connectivity index (χ2v) is 9.79. The number of aromatic nitrogens is 2. The van der Waals surface area contributed by atoms with Crippen molar-refractivity contribution in [3.05, 3.63) is 47.6 Å². The van der Waals surface area contributed by atoms with Gasteiger partial charge in [-0.3, -0.25) is 14.5 Å². The Morgan fingerprint density at radius 2 is 1.79 bits per heavy atom. The van der Waals surface area contributed by atoms with Gasteiger partial charge in [0, 0.05) is 45.4 Å². The molecule has 0 spiro atoms. The maximum Gasteiger partial charge on any atom is 0.227 e. The van der Waals surface area contributed by atoms with E-state index in [2.05, 4.69) is 49.9 Å². The number of nitrogens with one attached hydrogen (secondary N) is 2. The Bertz CT molecular complexity index is 929. The van der Waals surface area contributed by atoms with E-state index in [1.54, 1.807) is 0 Å². The average molecular weight is 468 g/mol. The minimum absolute atomic E-state index is 0.0206. The van der Waals surface area contributed by atoms with Crippen molar-refractivity contribution in [3.8, 4) is 0 Å². The van der Waals surface area contributed by atoms with E-state index in [0.717, 1.165) is 71.0 Å². The van der Waals surface area contributed by atoms with Gasteiger partial charge in [0.1, 0.15) is 5.54 Å². The molecule has 2 amide bonds. The minimum atomic E-state index is -0.555. The van der Waals surface area contributed by atoms with Crippen molar-refractivity contribution < 1.29 is 14.1 Å². The summed E-state index contributed by atoms with van der Waals surface area (Å²) < 4.78 is 5.48. The van der Waals surface area contributed by atoms with Crippen LogP contribution in [0.4, 0.5) is 0 Å². The SMILES string of the molecule is CC(=O)NC1(c2noc(CCC(=O)NC3CCN(Cc4ccccc4)CC3)n2)CCCCCC1. The van der Waals surface area contributed by atoms with E-state index < -0.39 is 5.54 Å². The molecule has 1 aliphatic heterocycles. The van der Waals surface area contributed by atoms with Crippen LogP contribution in [-0.2, 0) is 28.1 Å². The number of rotatable bonds is 8. The van der Waals surface area contributed by atoms with Gasteiger partial charge in [-0.05, 0) is 31.2 Å². The van der Waals surface area contributed by atoms with E-state index in [4.69, 9.17) is 4.52 Å². The fraction of sp³-hybridized carbons (Fsp3) is 0.615. The Kier molecular flexibility index (Phi) is 8.32. The predicted molar refractivity (Wildman–Crippen MR) is 129 cm³/mol. The molecule has 184 valence electrons. The van der Waals surface area contributed by atoms with Gasteiger partial charge in [-0.2, -0.15) is 4.98 Å². The summed E-state index contributed by atoms with van der Waals surface area (Å²) in [6.45, 7) is 4.46. The fourth-order valence-electron chi connectivity index (χ4n) is 5.22. The van der Waals surface area contributed by atoms with Crippen molar-refractivity contribution in [2.45, 2.75) is 89.3 Å². The van der Waals surface area contributed by atoms with Gasteiger partial charge < -0.3 is 15.2 Å². The molecule has 2 aromatic rings. The number of piperidine rings is 1. The van der Waals surface area contributed by atoms with Crippen LogP contribution in [0.2, 0.25) is 0 Å². The van der Waals surface area contributed by atoms with Gasteiger partial charge in [0.15, 0.2) is 5.82 Å². The summed E-state index contributed by atoms with van der Waals surface area (Å²) in [7, 11) is 0. The Hall–Kier alpha value is -2.74. The lowest BCUT2D eigenvalue weighted by molar-refractivity contribution is -0.122. The van der Waals surface area contributed by atoms with Gasteiger partial charge >= 0.3 is 0 Å². The topological polar surface area (TPSA) is 100 Å².